The van der Waals surface area contributed by atoms with Crippen molar-refractivity contribution < 1.29 is 36.9 Å². The first-order chi connectivity index (χ1) is 15.8. The molecule has 0 aliphatic carbocycles. The molecular formula is C21H30N3O8PS. The Morgan fingerprint density at radius 3 is 2.21 bits per heavy atom. The van der Waals surface area contributed by atoms with Gasteiger partial charge in [-0.05, 0) is 53.6 Å². The van der Waals surface area contributed by atoms with Crippen molar-refractivity contribution in [2.75, 3.05) is 12.3 Å². The lowest BCUT2D eigenvalue weighted by molar-refractivity contribution is -0.0323. The molecular weight excluding hydrogens is 485 g/mol. The fourth-order valence-electron chi connectivity index (χ4n) is 3.00. The van der Waals surface area contributed by atoms with Crippen LogP contribution < -0.4 is 11.1 Å². The lowest BCUT2D eigenvalue weighted by Crippen LogP contribution is -2.47. The molecule has 2 atom stereocenters. The maximum Gasteiger partial charge on any atom is 0.469 e. The summed E-state index contributed by atoms with van der Waals surface area (Å²) in [4.78, 5) is 36.2. The monoisotopic (exact) mass is 515 g/mol. The van der Waals surface area contributed by atoms with E-state index in [2.05, 4.69) is 5.32 Å². The number of hydrogen-bond donors (Lipinski definition) is 4. The molecule has 5 N–H and O–H groups in total. The summed E-state index contributed by atoms with van der Waals surface area (Å²) in [5.74, 6) is -0.187. The van der Waals surface area contributed by atoms with E-state index >= 15 is 0 Å². The number of rotatable bonds is 11. The summed E-state index contributed by atoms with van der Waals surface area (Å²) in [6.07, 6.45) is -2.10. The van der Waals surface area contributed by atoms with Crippen molar-refractivity contribution in [3.05, 3.63) is 60.2 Å². The lowest BCUT2D eigenvalue weighted by atomic mass is 10.0. The fraction of sp³-hybridized carbons (Fsp3) is 0.381. The van der Waals surface area contributed by atoms with Crippen LogP contribution in [0.25, 0.3) is 0 Å². The number of carbonyl (C=O) groups excluding carboxylic acids is 1. The number of phosphoric ester groups is 1. The summed E-state index contributed by atoms with van der Waals surface area (Å²) in [6.45, 7) is 4.75. The molecule has 2 aromatic rings. The predicted molar refractivity (Wildman–Crippen MR) is 126 cm³/mol. The molecule has 34 heavy (non-hydrogen) atoms. The minimum Gasteiger partial charge on any atom is -0.399 e. The maximum absolute atomic E-state index is 13.1. The van der Waals surface area contributed by atoms with Gasteiger partial charge in [0.1, 0.15) is 0 Å². The molecule has 0 fully saturated rings. The lowest BCUT2D eigenvalue weighted by Gasteiger charge is -2.27. The summed E-state index contributed by atoms with van der Waals surface area (Å²) < 4.78 is 42.8. The molecule has 1 amide bonds. The molecule has 188 valence electrons. The standard InChI is InChI=1S/C21H30N3O8PS/c1-15(2)14-24(34(29,30)19-11-9-18(22)10-12-19)31-21(25)23-20(16(3)32-33(26,27)28)13-17-7-5-4-6-8-17/h4-12,15-16,20H,13-14,22H2,1-3H3,(H,23,25)(H2,26,27,28). The van der Waals surface area contributed by atoms with Crippen LogP contribution in [0.5, 0.6) is 0 Å². The second kappa shape index (κ2) is 11.8. The van der Waals surface area contributed by atoms with E-state index in [1.54, 1.807) is 44.2 Å². The Balaban J connectivity index is 2.24. The number of nitrogens with two attached hydrogens (primary N) is 1. The van der Waals surface area contributed by atoms with Crippen LogP contribution in [0.4, 0.5) is 10.5 Å². The van der Waals surface area contributed by atoms with Crippen molar-refractivity contribution in [1.29, 1.82) is 0 Å². The Morgan fingerprint density at radius 1 is 1.09 bits per heavy atom. The highest BCUT2D eigenvalue weighted by atomic mass is 32.2. The number of hydroxylamine groups is 1. The van der Waals surface area contributed by atoms with Gasteiger partial charge in [0.25, 0.3) is 10.0 Å². The van der Waals surface area contributed by atoms with Gasteiger partial charge >= 0.3 is 13.9 Å². The van der Waals surface area contributed by atoms with Crippen molar-refractivity contribution in [2.24, 2.45) is 5.92 Å². The van der Waals surface area contributed by atoms with Crippen LogP contribution in [0, 0.1) is 5.92 Å². The molecule has 0 bridgehead atoms. The van der Waals surface area contributed by atoms with Crippen LogP contribution in [-0.4, -0.2) is 47.5 Å². The van der Waals surface area contributed by atoms with E-state index in [4.69, 9.17) is 15.1 Å². The van der Waals surface area contributed by atoms with E-state index in [1.807, 2.05) is 0 Å². The average molecular weight is 516 g/mol. The van der Waals surface area contributed by atoms with E-state index < -0.39 is 36.1 Å². The quantitative estimate of drug-likeness (QED) is 0.200. The number of carbonyl (C=O) groups is 1. The van der Waals surface area contributed by atoms with Gasteiger partial charge in [-0.1, -0.05) is 44.2 Å². The number of nitrogen functional groups attached to an aromatic ring is 1. The molecule has 2 rings (SSSR count). The molecule has 13 heteroatoms. The van der Waals surface area contributed by atoms with Gasteiger partial charge in [0.2, 0.25) is 0 Å². The summed E-state index contributed by atoms with van der Waals surface area (Å²) >= 11 is 0. The minimum absolute atomic E-state index is 0.116. The maximum atomic E-state index is 13.1. The molecule has 11 nitrogen and oxygen atoms in total. The van der Waals surface area contributed by atoms with Crippen LogP contribution >= 0.6 is 7.82 Å². The first-order valence-electron chi connectivity index (χ1n) is 10.4. The molecule has 0 radical (unpaired) electrons. The SMILES string of the molecule is CC(C)CN(OC(=O)NC(Cc1ccccc1)C(C)OP(=O)(O)O)S(=O)(=O)c1ccc(N)cc1. The second-order valence-electron chi connectivity index (χ2n) is 8.07. The Bertz CT molecular complexity index is 1090. The first kappa shape index (κ1) is 27.8. The Hall–Kier alpha value is -2.47. The van der Waals surface area contributed by atoms with Crippen molar-refractivity contribution in [2.45, 2.75) is 44.2 Å². The third kappa shape index (κ3) is 8.71. The summed E-state index contributed by atoms with van der Waals surface area (Å²) in [5.41, 5.74) is 6.75. The van der Waals surface area contributed by atoms with Crippen LogP contribution in [0.15, 0.2) is 59.5 Å². The first-order valence-corrected chi connectivity index (χ1v) is 13.4. The normalized spacial score (nSPS) is 14.1. The van der Waals surface area contributed by atoms with Crippen molar-refractivity contribution in [3.63, 3.8) is 0 Å². The number of phosphoric acid groups is 1. The van der Waals surface area contributed by atoms with Gasteiger partial charge in [0.15, 0.2) is 0 Å². The highest BCUT2D eigenvalue weighted by Crippen LogP contribution is 2.38. The molecule has 0 spiro atoms. The topological polar surface area (TPSA) is 168 Å². The molecule has 0 aliphatic heterocycles. The Morgan fingerprint density at radius 2 is 1.68 bits per heavy atom. The third-order valence-corrected chi connectivity index (χ3v) is 6.85. The van der Waals surface area contributed by atoms with Crippen molar-refractivity contribution >= 4 is 29.6 Å². The van der Waals surface area contributed by atoms with E-state index in [0.717, 1.165) is 5.56 Å². The molecule has 0 saturated heterocycles. The molecule has 0 aromatic heterocycles. The zero-order chi connectivity index (χ0) is 25.5. The van der Waals surface area contributed by atoms with Gasteiger partial charge in [-0.3, -0.25) is 4.52 Å². The highest BCUT2D eigenvalue weighted by Gasteiger charge is 2.32. The van der Waals surface area contributed by atoms with E-state index in [0.29, 0.717) is 10.2 Å². The van der Waals surface area contributed by atoms with Crippen LogP contribution in [-0.2, 0) is 30.4 Å². The third-order valence-electron chi connectivity index (χ3n) is 4.62. The zero-order valence-corrected chi connectivity index (χ0v) is 20.8. The largest absolute Gasteiger partial charge is 0.469 e. The molecule has 0 heterocycles. The van der Waals surface area contributed by atoms with Gasteiger partial charge < -0.3 is 25.7 Å². The highest BCUT2D eigenvalue weighted by molar-refractivity contribution is 7.89. The van der Waals surface area contributed by atoms with E-state index in [-0.39, 0.29) is 23.8 Å². The van der Waals surface area contributed by atoms with Crippen LogP contribution in [0.3, 0.4) is 0 Å². The molecule has 0 saturated carbocycles. The number of benzene rings is 2. The number of anilines is 1. The molecule has 2 aromatic carbocycles. The fourth-order valence-corrected chi connectivity index (χ4v) is 4.96. The average Bonchev–Trinajstić information content (AvgIpc) is 2.72. The summed E-state index contributed by atoms with van der Waals surface area (Å²) in [5, 5.41) is 2.47. The van der Waals surface area contributed by atoms with Gasteiger partial charge in [-0.15, -0.1) is 0 Å². The smallest absolute Gasteiger partial charge is 0.399 e. The second-order valence-corrected chi connectivity index (χ2v) is 11.1. The van der Waals surface area contributed by atoms with Gasteiger partial charge in [0, 0.05) is 5.69 Å². The van der Waals surface area contributed by atoms with Gasteiger partial charge in [0.05, 0.1) is 23.6 Å². The van der Waals surface area contributed by atoms with E-state index in [1.165, 1.54) is 31.2 Å². The number of nitrogens with zero attached hydrogens (tertiary/aromatic N) is 1. The zero-order valence-electron chi connectivity index (χ0n) is 19.1. The number of hydrogen-bond acceptors (Lipinski definition) is 7. The number of sulfonamides is 1. The molecule has 2 unspecified atom stereocenters. The Kier molecular flexibility index (Phi) is 9.63. The Labute approximate surface area is 199 Å². The van der Waals surface area contributed by atoms with Crippen LogP contribution in [0.1, 0.15) is 26.3 Å². The number of amides is 1. The predicted octanol–water partition coefficient (Wildman–Crippen LogP) is 2.67. The van der Waals surface area contributed by atoms with Crippen molar-refractivity contribution in [3.8, 4) is 0 Å². The van der Waals surface area contributed by atoms with Crippen molar-refractivity contribution in [1.82, 2.24) is 9.79 Å². The molecule has 0 aliphatic rings. The van der Waals surface area contributed by atoms with E-state index in [9.17, 15) is 27.6 Å². The summed E-state index contributed by atoms with van der Waals surface area (Å²) in [7, 11) is -9.06. The van der Waals surface area contributed by atoms with Crippen LogP contribution in [0.2, 0.25) is 0 Å². The summed E-state index contributed by atoms with van der Waals surface area (Å²) in [6, 6.07) is 13.3. The van der Waals surface area contributed by atoms with Gasteiger partial charge in [-0.25, -0.2) is 17.8 Å². The minimum atomic E-state index is -4.85. The van der Waals surface area contributed by atoms with Gasteiger partial charge in [-0.2, -0.15) is 0 Å². The number of nitrogens with one attached hydrogen (secondary N) is 1.